The molecule has 7 heteroatoms. The minimum absolute atomic E-state index is 0.160. The number of aromatic nitrogens is 1. The van der Waals surface area contributed by atoms with E-state index in [-0.39, 0.29) is 17.6 Å². The van der Waals surface area contributed by atoms with Crippen molar-refractivity contribution in [2.75, 3.05) is 29.9 Å². The number of carbonyl (C=O) groups is 2. The van der Waals surface area contributed by atoms with E-state index in [0.717, 1.165) is 25.4 Å². The van der Waals surface area contributed by atoms with Crippen LogP contribution in [0.3, 0.4) is 0 Å². The molecular weight excluding hydrogens is 326 g/mol. The van der Waals surface area contributed by atoms with Crippen molar-refractivity contribution in [2.45, 2.75) is 39.0 Å². The zero-order valence-electron chi connectivity index (χ0n) is 14.1. The van der Waals surface area contributed by atoms with E-state index in [2.05, 4.69) is 10.5 Å². The molecule has 6 nitrogen and oxygen atoms in total. The first-order valence-corrected chi connectivity index (χ1v) is 9.86. The van der Waals surface area contributed by atoms with Gasteiger partial charge in [-0.25, -0.2) is 0 Å². The average molecular weight is 351 g/mol. The van der Waals surface area contributed by atoms with Gasteiger partial charge in [-0.1, -0.05) is 24.4 Å². The van der Waals surface area contributed by atoms with Crippen LogP contribution in [0.25, 0.3) is 0 Å². The summed E-state index contributed by atoms with van der Waals surface area (Å²) >= 11 is 1.36. The molecule has 2 aliphatic rings. The minimum atomic E-state index is -0.160. The van der Waals surface area contributed by atoms with Crippen molar-refractivity contribution in [1.82, 2.24) is 10.1 Å². The van der Waals surface area contributed by atoms with Gasteiger partial charge in [-0.05, 0) is 31.6 Å². The number of rotatable bonds is 5. The highest BCUT2D eigenvalue weighted by atomic mass is 32.2. The van der Waals surface area contributed by atoms with Gasteiger partial charge in [0.05, 0.1) is 11.5 Å². The van der Waals surface area contributed by atoms with E-state index in [4.69, 9.17) is 4.52 Å². The lowest BCUT2D eigenvalue weighted by atomic mass is 9.75. The predicted molar refractivity (Wildman–Crippen MR) is 93.8 cm³/mol. The van der Waals surface area contributed by atoms with Gasteiger partial charge in [-0.3, -0.25) is 9.59 Å². The van der Waals surface area contributed by atoms with E-state index in [9.17, 15) is 9.59 Å². The summed E-state index contributed by atoms with van der Waals surface area (Å²) in [5.74, 6) is 3.21. The molecule has 1 saturated carbocycles. The molecule has 1 aromatic rings. The van der Waals surface area contributed by atoms with Crippen LogP contribution in [0.2, 0.25) is 0 Å². The van der Waals surface area contributed by atoms with Gasteiger partial charge < -0.3 is 14.7 Å². The van der Waals surface area contributed by atoms with E-state index in [1.807, 2.05) is 4.90 Å². The lowest BCUT2D eigenvalue weighted by molar-refractivity contribution is -0.131. The maximum Gasteiger partial charge on any atom is 0.235 e. The lowest BCUT2D eigenvalue weighted by Crippen LogP contribution is -2.45. The number of carbonyl (C=O) groups excluding carboxylic acids is 2. The minimum Gasteiger partial charge on any atom is -0.360 e. The molecule has 132 valence electrons. The second-order valence-electron chi connectivity index (χ2n) is 6.80. The Kier molecular flexibility index (Phi) is 5.81. The summed E-state index contributed by atoms with van der Waals surface area (Å²) in [6.07, 6.45) is 6.40. The third-order valence-electron chi connectivity index (χ3n) is 5.00. The number of amides is 2. The number of hydrogen-bond donors (Lipinski definition) is 1. The highest BCUT2D eigenvalue weighted by molar-refractivity contribution is 8.00. The van der Waals surface area contributed by atoms with Gasteiger partial charge in [0.1, 0.15) is 5.76 Å². The number of hydrogen-bond acceptors (Lipinski definition) is 5. The molecule has 1 aliphatic carbocycles. The van der Waals surface area contributed by atoms with Crippen LogP contribution in [0, 0.1) is 18.8 Å². The van der Waals surface area contributed by atoms with E-state index in [0.29, 0.717) is 23.2 Å². The second-order valence-corrected chi connectivity index (χ2v) is 7.78. The first-order valence-electron chi connectivity index (χ1n) is 8.70. The maximum atomic E-state index is 12.4. The number of fused-ring (bicyclic) bond motifs is 1. The van der Waals surface area contributed by atoms with Crippen LogP contribution >= 0.6 is 11.8 Å². The monoisotopic (exact) mass is 351 g/mol. The lowest BCUT2D eigenvalue weighted by Gasteiger charge is -2.41. The number of piperidine rings is 1. The van der Waals surface area contributed by atoms with E-state index in [1.165, 1.54) is 37.4 Å². The molecule has 0 radical (unpaired) electrons. The van der Waals surface area contributed by atoms with E-state index in [1.54, 1.807) is 13.0 Å². The Labute approximate surface area is 146 Å². The number of aryl methyl sites for hydroxylation is 1. The summed E-state index contributed by atoms with van der Waals surface area (Å²) in [5.41, 5.74) is 0. The van der Waals surface area contributed by atoms with E-state index >= 15 is 0 Å². The van der Waals surface area contributed by atoms with Crippen LogP contribution in [0.4, 0.5) is 5.82 Å². The van der Waals surface area contributed by atoms with Gasteiger partial charge in [0.2, 0.25) is 11.8 Å². The molecule has 1 aromatic heterocycles. The highest BCUT2D eigenvalue weighted by Gasteiger charge is 2.32. The van der Waals surface area contributed by atoms with Crippen molar-refractivity contribution in [2.24, 2.45) is 11.8 Å². The number of nitrogens with one attached hydrogen (secondary N) is 1. The molecule has 24 heavy (non-hydrogen) atoms. The Morgan fingerprint density at radius 2 is 2.08 bits per heavy atom. The van der Waals surface area contributed by atoms with Crippen molar-refractivity contribution >= 4 is 29.4 Å². The van der Waals surface area contributed by atoms with Gasteiger partial charge >= 0.3 is 0 Å². The molecule has 0 unspecified atom stereocenters. The topological polar surface area (TPSA) is 75.4 Å². The van der Waals surface area contributed by atoms with Crippen LogP contribution in [0.15, 0.2) is 10.6 Å². The van der Waals surface area contributed by atoms with Gasteiger partial charge in [-0.2, -0.15) is 0 Å². The molecule has 2 atom stereocenters. The smallest absolute Gasteiger partial charge is 0.235 e. The van der Waals surface area contributed by atoms with Crippen LogP contribution in [-0.2, 0) is 9.59 Å². The van der Waals surface area contributed by atoms with Gasteiger partial charge in [0.25, 0.3) is 0 Å². The van der Waals surface area contributed by atoms with E-state index < -0.39 is 0 Å². The largest absolute Gasteiger partial charge is 0.360 e. The number of anilines is 1. The van der Waals surface area contributed by atoms with Crippen molar-refractivity contribution in [3.63, 3.8) is 0 Å². The van der Waals surface area contributed by atoms with Crippen molar-refractivity contribution in [3.05, 3.63) is 11.8 Å². The molecule has 0 spiro atoms. The van der Waals surface area contributed by atoms with Gasteiger partial charge in [0.15, 0.2) is 5.82 Å². The molecule has 1 saturated heterocycles. The quantitative estimate of drug-likeness (QED) is 0.883. The third-order valence-corrected chi connectivity index (χ3v) is 5.92. The third kappa shape index (κ3) is 4.53. The van der Waals surface area contributed by atoms with Crippen LogP contribution in [0.5, 0.6) is 0 Å². The number of likely N-dealkylation sites (tertiary alicyclic amines) is 1. The average Bonchev–Trinajstić information content (AvgIpc) is 2.99. The molecule has 0 bridgehead atoms. The summed E-state index contributed by atoms with van der Waals surface area (Å²) in [6, 6.07) is 1.67. The molecule has 1 N–H and O–H groups in total. The first kappa shape index (κ1) is 17.3. The summed E-state index contributed by atoms with van der Waals surface area (Å²) < 4.78 is 4.90. The molecule has 2 fully saturated rings. The zero-order chi connectivity index (χ0) is 16.9. The Morgan fingerprint density at radius 3 is 2.83 bits per heavy atom. The maximum absolute atomic E-state index is 12.4. The van der Waals surface area contributed by atoms with Crippen LogP contribution in [0.1, 0.15) is 37.9 Å². The number of thioether (sulfide) groups is 1. The molecule has 3 rings (SSSR count). The summed E-state index contributed by atoms with van der Waals surface area (Å²) in [6.45, 7) is 3.56. The van der Waals surface area contributed by atoms with Crippen LogP contribution in [-0.4, -0.2) is 46.5 Å². The fourth-order valence-electron chi connectivity index (χ4n) is 3.75. The number of nitrogens with zero attached hydrogens (tertiary/aromatic N) is 2. The first-order chi connectivity index (χ1) is 11.6. The van der Waals surface area contributed by atoms with Crippen molar-refractivity contribution in [3.8, 4) is 0 Å². The molecule has 2 amide bonds. The predicted octanol–water partition coefficient (Wildman–Crippen LogP) is 2.69. The SMILES string of the molecule is Cc1cc(NC(=O)CSCC(=O)N2CC[C@@H]3CCCC[C@H]3C2)no1. The second kappa shape index (κ2) is 8.05. The van der Waals surface area contributed by atoms with Crippen molar-refractivity contribution in [1.29, 1.82) is 0 Å². The normalized spacial score (nSPS) is 23.6. The van der Waals surface area contributed by atoms with Gasteiger partial charge in [-0.15, -0.1) is 11.8 Å². The Balaban J connectivity index is 1.37. The van der Waals surface area contributed by atoms with Crippen LogP contribution < -0.4 is 5.32 Å². The van der Waals surface area contributed by atoms with Crippen molar-refractivity contribution < 1.29 is 14.1 Å². The standard InChI is InChI=1S/C17H25N3O3S/c1-12-8-15(19-23-12)18-16(21)10-24-11-17(22)20-7-6-13-4-2-3-5-14(13)9-20/h8,13-14H,2-7,9-11H2,1H3,(H,18,19,21)/t13-,14-/m0/s1. The molecular formula is C17H25N3O3S. The highest BCUT2D eigenvalue weighted by Crippen LogP contribution is 2.36. The fourth-order valence-corrected chi connectivity index (χ4v) is 4.47. The Morgan fingerprint density at radius 1 is 1.29 bits per heavy atom. The molecule has 2 heterocycles. The molecule has 0 aromatic carbocycles. The Bertz CT molecular complexity index is 589. The van der Waals surface area contributed by atoms with Gasteiger partial charge in [0, 0.05) is 19.2 Å². The fraction of sp³-hybridized carbons (Fsp3) is 0.706. The molecule has 1 aliphatic heterocycles. The zero-order valence-corrected chi connectivity index (χ0v) is 14.9. The summed E-state index contributed by atoms with van der Waals surface area (Å²) in [7, 11) is 0. The summed E-state index contributed by atoms with van der Waals surface area (Å²) in [5, 5.41) is 6.38. The Hall–Kier alpha value is -1.50. The summed E-state index contributed by atoms with van der Waals surface area (Å²) in [4.78, 5) is 26.2.